The second-order valence-electron chi connectivity index (χ2n) is 5.08. The van der Waals surface area contributed by atoms with E-state index in [2.05, 4.69) is 15.0 Å². The van der Waals surface area contributed by atoms with Crippen LogP contribution in [0.4, 0.5) is 0 Å². The highest BCUT2D eigenvalue weighted by atomic mass is 16.5. The average molecular weight is 274 g/mol. The second kappa shape index (κ2) is 5.58. The highest BCUT2D eigenvalue weighted by Crippen LogP contribution is 2.12. The lowest BCUT2D eigenvalue weighted by molar-refractivity contribution is 0.0600. The van der Waals surface area contributed by atoms with Crippen LogP contribution in [0.25, 0.3) is 5.65 Å². The molecule has 106 valence electrons. The van der Waals surface area contributed by atoms with Crippen molar-refractivity contribution >= 4 is 11.6 Å². The molecule has 0 amide bonds. The van der Waals surface area contributed by atoms with Crippen LogP contribution in [-0.4, -0.2) is 45.7 Å². The van der Waals surface area contributed by atoms with Gasteiger partial charge in [0.1, 0.15) is 0 Å². The number of rotatable bonds is 3. The van der Waals surface area contributed by atoms with Gasteiger partial charge < -0.3 is 4.74 Å². The van der Waals surface area contributed by atoms with Crippen molar-refractivity contribution in [3.63, 3.8) is 0 Å². The average Bonchev–Trinajstić information content (AvgIpc) is 2.88. The number of aromatic nitrogens is 3. The monoisotopic (exact) mass is 274 g/mol. The first-order valence-corrected chi connectivity index (χ1v) is 6.92. The number of hydrogen-bond donors (Lipinski definition) is 0. The molecule has 0 spiro atoms. The molecule has 1 aliphatic rings. The Labute approximate surface area is 117 Å². The molecule has 0 bridgehead atoms. The van der Waals surface area contributed by atoms with Gasteiger partial charge in [-0.05, 0) is 38.1 Å². The van der Waals surface area contributed by atoms with Gasteiger partial charge in [0.05, 0.1) is 19.2 Å². The third-order valence-electron chi connectivity index (χ3n) is 3.61. The molecule has 0 radical (unpaired) electrons. The standard InChI is InChI=1S/C14H18N4O2/c1-20-14(19)11-5-6-13-15-12(16-18(13)9-11)10-17-7-3-2-4-8-17/h5-6,9H,2-4,7-8,10H2,1H3. The summed E-state index contributed by atoms with van der Waals surface area (Å²) in [5.41, 5.74) is 1.24. The van der Waals surface area contributed by atoms with E-state index in [1.54, 1.807) is 22.8 Å². The first-order chi connectivity index (χ1) is 9.76. The number of pyridine rings is 1. The molecule has 2 aromatic rings. The summed E-state index contributed by atoms with van der Waals surface area (Å²) in [5.74, 6) is 0.439. The molecule has 1 fully saturated rings. The summed E-state index contributed by atoms with van der Waals surface area (Å²) < 4.78 is 6.35. The fraction of sp³-hybridized carbons (Fsp3) is 0.500. The number of carbonyl (C=O) groups is 1. The Morgan fingerprint density at radius 3 is 2.85 bits per heavy atom. The molecule has 0 saturated carbocycles. The van der Waals surface area contributed by atoms with E-state index < -0.39 is 0 Å². The van der Waals surface area contributed by atoms with Gasteiger partial charge >= 0.3 is 5.97 Å². The van der Waals surface area contributed by atoms with E-state index in [0.29, 0.717) is 5.56 Å². The molecule has 0 aliphatic carbocycles. The fourth-order valence-electron chi connectivity index (χ4n) is 2.55. The van der Waals surface area contributed by atoms with Gasteiger partial charge in [-0.15, -0.1) is 5.10 Å². The number of hydrogen-bond acceptors (Lipinski definition) is 5. The Balaban J connectivity index is 1.81. The number of piperidine rings is 1. The highest BCUT2D eigenvalue weighted by Gasteiger charge is 2.14. The Morgan fingerprint density at radius 1 is 1.30 bits per heavy atom. The van der Waals surface area contributed by atoms with Gasteiger partial charge in [-0.2, -0.15) is 0 Å². The third-order valence-corrected chi connectivity index (χ3v) is 3.61. The maximum absolute atomic E-state index is 11.5. The number of nitrogens with zero attached hydrogens (tertiary/aromatic N) is 4. The Bertz CT molecular complexity index is 617. The predicted octanol–water partition coefficient (Wildman–Crippen LogP) is 1.50. The van der Waals surface area contributed by atoms with Crippen LogP contribution in [0.1, 0.15) is 35.4 Å². The molecule has 3 heterocycles. The van der Waals surface area contributed by atoms with Gasteiger partial charge in [0.2, 0.25) is 0 Å². The Kier molecular flexibility index (Phi) is 3.64. The van der Waals surface area contributed by atoms with E-state index >= 15 is 0 Å². The maximum atomic E-state index is 11.5. The van der Waals surface area contributed by atoms with Crippen LogP contribution in [0.2, 0.25) is 0 Å². The zero-order valence-electron chi connectivity index (χ0n) is 11.6. The van der Waals surface area contributed by atoms with Crippen molar-refractivity contribution in [2.45, 2.75) is 25.8 Å². The van der Waals surface area contributed by atoms with Crippen molar-refractivity contribution in [3.05, 3.63) is 29.7 Å². The number of ether oxygens (including phenoxy) is 1. The first kappa shape index (κ1) is 13.1. The first-order valence-electron chi connectivity index (χ1n) is 6.92. The predicted molar refractivity (Wildman–Crippen MR) is 73.5 cm³/mol. The van der Waals surface area contributed by atoms with Crippen LogP contribution < -0.4 is 0 Å². The van der Waals surface area contributed by atoms with E-state index in [-0.39, 0.29) is 5.97 Å². The topological polar surface area (TPSA) is 59.7 Å². The molecule has 3 rings (SSSR count). The van der Waals surface area contributed by atoms with Crippen LogP contribution in [0.5, 0.6) is 0 Å². The van der Waals surface area contributed by atoms with Gasteiger partial charge in [-0.3, -0.25) is 4.90 Å². The molecule has 1 saturated heterocycles. The van der Waals surface area contributed by atoms with E-state index in [1.165, 1.54) is 26.4 Å². The van der Waals surface area contributed by atoms with E-state index in [1.807, 2.05) is 0 Å². The lowest BCUT2D eigenvalue weighted by Gasteiger charge is -2.24. The summed E-state index contributed by atoms with van der Waals surface area (Å²) in [6.07, 6.45) is 5.48. The van der Waals surface area contributed by atoms with E-state index in [9.17, 15) is 4.79 Å². The van der Waals surface area contributed by atoms with Crippen molar-refractivity contribution in [2.24, 2.45) is 0 Å². The van der Waals surface area contributed by atoms with Gasteiger partial charge in [0.25, 0.3) is 0 Å². The summed E-state index contributed by atoms with van der Waals surface area (Å²) in [4.78, 5) is 18.4. The maximum Gasteiger partial charge on any atom is 0.339 e. The second-order valence-corrected chi connectivity index (χ2v) is 5.08. The minimum Gasteiger partial charge on any atom is -0.465 e. The summed E-state index contributed by atoms with van der Waals surface area (Å²) in [7, 11) is 1.37. The van der Waals surface area contributed by atoms with Crippen molar-refractivity contribution in [2.75, 3.05) is 20.2 Å². The SMILES string of the molecule is COC(=O)c1ccc2nc(CN3CCCCC3)nn2c1. The van der Waals surface area contributed by atoms with E-state index in [4.69, 9.17) is 4.74 Å². The number of methoxy groups -OCH3 is 1. The van der Waals surface area contributed by atoms with Crippen molar-refractivity contribution in [1.82, 2.24) is 19.5 Å². The lowest BCUT2D eigenvalue weighted by atomic mass is 10.1. The summed E-state index contributed by atoms with van der Waals surface area (Å²) in [6.45, 7) is 3.00. The zero-order chi connectivity index (χ0) is 13.9. The highest BCUT2D eigenvalue weighted by molar-refractivity contribution is 5.89. The minimum atomic E-state index is -0.361. The molecule has 0 aromatic carbocycles. The van der Waals surface area contributed by atoms with Gasteiger partial charge in [-0.1, -0.05) is 6.42 Å². The van der Waals surface area contributed by atoms with Crippen LogP contribution in [0.3, 0.4) is 0 Å². The van der Waals surface area contributed by atoms with Crippen LogP contribution in [0, 0.1) is 0 Å². The zero-order valence-corrected chi connectivity index (χ0v) is 11.6. The largest absolute Gasteiger partial charge is 0.465 e. The minimum absolute atomic E-state index is 0.361. The number of carbonyl (C=O) groups excluding carboxylic acids is 1. The smallest absolute Gasteiger partial charge is 0.339 e. The van der Waals surface area contributed by atoms with Crippen molar-refractivity contribution < 1.29 is 9.53 Å². The molecule has 20 heavy (non-hydrogen) atoms. The fourth-order valence-corrected chi connectivity index (χ4v) is 2.55. The molecule has 6 heteroatoms. The van der Waals surface area contributed by atoms with Crippen LogP contribution in [0.15, 0.2) is 18.3 Å². The number of esters is 1. The van der Waals surface area contributed by atoms with Gasteiger partial charge in [0.15, 0.2) is 11.5 Å². The molecular weight excluding hydrogens is 256 g/mol. The summed E-state index contributed by atoms with van der Waals surface area (Å²) >= 11 is 0. The Hall–Kier alpha value is -1.95. The molecule has 2 aromatic heterocycles. The lowest BCUT2D eigenvalue weighted by Crippen LogP contribution is -2.29. The third kappa shape index (κ3) is 2.65. The quantitative estimate of drug-likeness (QED) is 0.794. The van der Waals surface area contributed by atoms with E-state index in [0.717, 1.165) is 31.1 Å². The van der Waals surface area contributed by atoms with Crippen molar-refractivity contribution in [1.29, 1.82) is 0 Å². The molecule has 1 aliphatic heterocycles. The van der Waals surface area contributed by atoms with Gasteiger partial charge in [0, 0.05) is 6.20 Å². The van der Waals surface area contributed by atoms with Crippen molar-refractivity contribution in [3.8, 4) is 0 Å². The van der Waals surface area contributed by atoms with Gasteiger partial charge in [-0.25, -0.2) is 14.3 Å². The molecule has 0 atom stereocenters. The number of likely N-dealkylation sites (tertiary alicyclic amines) is 1. The summed E-state index contributed by atoms with van der Waals surface area (Å²) in [5, 5.41) is 4.44. The Morgan fingerprint density at radius 2 is 2.10 bits per heavy atom. The molecule has 0 N–H and O–H groups in total. The molecule has 0 unspecified atom stereocenters. The molecule has 6 nitrogen and oxygen atoms in total. The normalized spacial score (nSPS) is 16.4. The number of fused-ring (bicyclic) bond motifs is 1. The molecular formula is C14H18N4O2. The summed E-state index contributed by atoms with van der Waals surface area (Å²) in [6, 6.07) is 3.50. The van der Waals surface area contributed by atoms with Crippen LogP contribution >= 0.6 is 0 Å². The van der Waals surface area contributed by atoms with Crippen LogP contribution in [-0.2, 0) is 11.3 Å².